The van der Waals surface area contributed by atoms with Crippen LogP contribution in [0, 0.1) is 11.3 Å². The van der Waals surface area contributed by atoms with E-state index in [0.717, 1.165) is 12.5 Å². The maximum absolute atomic E-state index is 5.80. The highest BCUT2D eigenvalue weighted by Gasteiger charge is 2.21. The van der Waals surface area contributed by atoms with Crippen molar-refractivity contribution in [3.8, 4) is 0 Å². The molecule has 20 heavy (non-hydrogen) atoms. The van der Waals surface area contributed by atoms with Crippen LogP contribution in [0.25, 0.3) is 0 Å². The Hall–Kier alpha value is -1.02. The van der Waals surface area contributed by atoms with Gasteiger partial charge in [-0.2, -0.15) is 0 Å². The molecule has 0 bridgehead atoms. The van der Waals surface area contributed by atoms with Gasteiger partial charge in [-0.25, -0.2) is 0 Å². The molecular weight excluding hydrogens is 244 g/mol. The van der Waals surface area contributed by atoms with Crippen LogP contribution >= 0.6 is 0 Å². The molecular formula is C18H30N2. The van der Waals surface area contributed by atoms with Crippen molar-refractivity contribution >= 4 is 5.69 Å². The van der Waals surface area contributed by atoms with Gasteiger partial charge in [0, 0.05) is 18.8 Å². The highest BCUT2D eigenvalue weighted by Crippen LogP contribution is 2.30. The summed E-state index contributed by atoms with van der Waals surface area (Å²) in [5.41, 5.74) is 9.08. The molecule has 0 saturated heterocycles. The number of nitrogens with two attached hydrogens (primary N) is 1. The van der Waals surface area contributed by atoms with Gasteiger partial charge in [-0.1, -0.05) is 45.4 Å². The van der Waals surface area contributed by atoms with Crippen molar-refractivity contribution in [1.82, 2.24) is 0 Å². The van der Waals surface area contributed by atoms with Crippen molar-refractivity contribution in [2.45, 2.75) is 46.5 Å². The number of fused-ring (bicyclic) bond motifs is 1. The summed E-state index contributed by atoms with van der Waals surface area (Å²) in [5.74, 6) is 0.769. The number of para-hydroxylation sites is 1. The van der Waals surface area contributed by atoms with E-state index in [2.05, 4.69) is 49.9 Å². The highest BCUT2D eigenvalue weighted by molar-refractivity contribution is 5.55. The van der Waals surface area contributed by atoms with Crippen LogP contribution in [0.4, 0.5) is 5.69 Å². The lowest BCUT2D eigenvalue weighted by Gasteiger charge is -2.35. The summed E-state index contributed by atoms with van der Waals surface area (Å²) in [6, 6.07) is 8.90. The summed E-state index contributed by atoms with van der Waals surface area (Å²) in [5, 5.41) is 0. The van der Waals surface area contributed by atoms with E-state index in [1.54, 1.807) is 0 Å². The van der Waals surface area contributed by atoms with Crippen molar-refractivity contribution in [2.24, 2.45) is 17.1 Å². The van der Waals surface area contributed by atoms with Crippen LogP contribution in [0.15, 0.2) is 24.3 Å². The zero-order chi connectivity index (χ0) is 14.6. The minimum Gasteiger partial charge on any atom is -0.371 e. The van der Waals surface area contributed by atoms with Crippen LogP contribution < -0.4 is 10.6 Å². The average Bonchev–Trinajstić information content (AvgIpc) is 2.43. The first-order valence-electron chi connectivity index (χ1n) is 8.05. The van der Waals surface area contributed by atoms with Gasteiger partial charge in [0.2, 0.25) is 0 Å². The number of rotatable bonds is 6. The van der Waals surface area contributed by atoms with E-state index in [-0.39, 0.29) is 0 Å². The number of hydrogen-bond donors (Lipinski definition) is 1. The molecule has 2 N–H and O–H groups in total. The van der Waals surface area contributed by atoms with Crippen molar-refractivity contribution in [1.29, 1.82) is 0 Å². The van der Waals surface area contributed by atoms with E-state index in [9.17, 15) is 0 Å². The summed E-state index contributed by atoms with van der Waals surface area (Å²) in [4.78, 5) is 2.58. The Balaban J connectivity index is 1.87. The molecule has 1 aliphatic rings. The molecule has 0 amide bonds. The van der Waals surface area contributed by atoms with Crippen LogP contribution in [0.1, 0.15) is 45.6 Å². The second-order valence-electron chi connectivity index (χ2n) is 7.21. The summed E-state index contributed by atoms with van der Waals surface area (Å²) in [6.07, 6.45) is 5.00. The van der Waals surface area contributed by atoms with E-state index in [0.29, 0.717) is 5.41 Å². The molecule has 2 heteroatoms. The Bertz CT molecular complexity index is 425. The van der Waals surface area contributed by atoms with Gasteiger partial charge < -0.3 is 10.6 Å². The second-order valence-corrected chi connectivity index (χ2v) is 7.21. The van der Waals surface area contributed by atoms with Crippen LogP contribution in [-0.4, -0.2) is 19.6 Å². The minimum atomic E-state index is 0.299. The Morgan fingerprint density at radius 2 is 2.00 bits per heavy atom. The van der Waals surface area contributed by atoms with Gasteiger partial charge in [0.05, 0.1) is 0 Å². The molecule has 1 aromatic carbocycles. The monoisotopic (exact) mass is 274 g/mol. The first kappa shape index (κ1) is 15.4. The third-order valence-electron chi connectivity index (χ3n) is 4.52. The molecule has 0 spiro atoms. The van der Waals surface area contributed by atoms with Gasteiger partial charge in [-0.15, -0.1) is 0 Å². The van der Waals surface area contributed by atoms with E-state index in [1.807, 2.05) is 0 Å². The molecule has 1 unspecified atom stereocenters. The third kappa shape index (κ3) is 3.99. The van der Waals surface area contributed by atoms with Crippen LogP contribution in [0.5, 0.6) is 0 Å². The van der Waals surface area contributed by atoms with Gasteiger partial charge in [-0.3, -0.25) is 0 Å². The molecule has 112 valence electrons. The van der Waals surface area contributed by atoms with E-state index < -0.39 is 0 Å². The third-order valence-corrected chi connectivity index (χ3v) is 4.52. The average molecular weight is 274 g/mol. The highest BCUT2D eigenvalue weighted by atomic mass is 15.1. The number of nitrogens with zero attached hydrogens (tertiary/aromatic N) is 1. The van der Waals surface area contributed by atoms with Gasteiger partial charge in [0.25, 0.3) is 0 Å². The number of hydrogen-bond acceptors (Lipinski definition) is 2. The molecule has 1 aliphatic heterocycles. The summed E-state index contributed by atoms with van der Waals surface area (Å²) >= 11 is 0. The Kier molecular flexibility index (Phi) is 5.09. The van der Waals surface area contributed by atoms with Crippen LogP contribution in [0.2, 0.25) is 0 Å². The van der Waals surface area contributed by atoms with Crippen LogP contribution in [-0.2, 0) is 6.42 Å². The summed E-state index contributed by atoms with van der Waals surface area (Å²) in [6.45, 7) is 10.1. The number of anilines is 1. The van der Waals surface area contributed by atoms with Crippen LogP contribution in [0.3, 0.4) is 0 Å². The maximum Gasteiger partial charge on any atom is 0.0398 e. The largest absolute Gasteiger partial charge is 0.371 e. The van der Waals surface area contributed by atoms with Crippen molar-refractivity contribution in [3.05, 3.63) is 29.8 Å². The smallest absolute Gasteiger partial charge is 0.0398 e. The molecule has 0 aromatic heterocycles. The van der Waals surface area contributed by atoms with E-state index in [1.165, 1.54) is 50.0 Å². The normalized spacial score (nSPS) is 19.0. The Labute approximate surface area is 124 Å². The molecule has 2 rings (SSSR count). The zero-order valence-corrected chi connectivity index (χ0v) is 13.4. The molecule has 0 saturated carbocycles. The second kappa shape index (κ2) is 6.62. The van der Waals surface area contributed by atoms with Gasteiger partial charge in [0.1, 0.15) is 0 Å². The molecule has 2 nitrogen and oxygen atoms in total. The molecule has 1 aromatic rings. The Morgan fingerprint density at radius 3 is 2.75 bits per heavy atom. The van der Waals surface area contributed by atoms with Gasteiger partial charge in [-0.05, 0) is 48.8 Å². The van der Waals surface area contributed by atoms with Crippen molar-refractivity contribution in [3.63, 3.8) is 0 Å². The van der Waals surface area contributed by atoms with Crippen molar-refractivity contribution < 1.29 is 0 Å². The molecule has 0 aliphatic carbocycles. The van der Waals surface area contributed by atoms with E-state index in [4.69, 9.17) is 5.73 Å². The lowest BCUT2D eigenvalue weighted by atomic mass is 9.87. The SMILES string of the molecule is CC1Cc2ccccc2N(CCCCC(C)(C)CN)C1. The predicted octanol–water partition coefficient (Wildman–Crippen LogP) is 3.84. The maximum atomic E-state index is 5.80. The Morgan fingerprint density at radius 1 is 1.25 bits per heavy atom. The fourth-order valence-electron chi connectivity index (χ4n) is 3.13. The first-order chi connectivity index (χ1) is 9.52. The number of unbranched alkanes of at least 4 members (excludes halogenated alkanes) is 1. The fraction of sp³-hybridized carbons (Fsp3) is 0.667. The summed E-state index contributed by atoms with van der Waals surface area (Å²) < 4.78 is 0. The van der Waals surface area contributed by atoms with E-state index >= 15 is 0 Å². The molecule has 1 heterocycles. The number of benzene rings is 1. The topological polar surface area (TPSA) is 29.3 Å². The molecule has 1 atom stereocenters. The van der Waals surface area contributed by atoms with Gasteiger partial charge in [0.15, 0.2) is 0 Å². The minimum absolute atomic E-state index is 0.299. The lowest BCUT2D eigenvalue weighted by Crippen LogP contribution is -2.35. The quantitative estimate of drug-likeness (QED) is 0.799. The summed E-state index contributed by atoms with van der Waals surface area (Å²) in [7, 11) is 0. The zero-order valence-electron chi connectivity index (χ0n) is 13.4. The molecule has 0 radical (unpaired) electrons. The molecule has 0 fully saturated rings. The van der Waals surface area contributed by atoms with Gasteiger partial charge >= 0.3 is 0 Å². The van der Waals surface area contributed by atoms with Crippen molar-refractivity contribution in [2.75, 3.05) is 24.5 Å². The fourth-order valence-corrected chi connectivity index (χ4v) is 3.13. The first-order valence-corrected chi connectivity index (χ1v) is 8.05. The standard InChI is InChI=1S/C18H30N2/c1-15-12-16-8-4-5-9-17(16)20(13-15)11-7-6-10-18(2,3)14-19/h4-5,8-9,15H,6-7,10-14,19H2,1-3H3. The lowest BCUT2D eigenvalue weighted by molar-refractivity contribution is 0.332. The predicted molar refractivity (Wildman–Crippen MR) is 88.2 cm³/mol.